The summed E-state index contributed by atoms with van der Waals surface area (Å²) < 4.78 is 0. The van der Waals surface area contributed by atoms with Gasteiger partial charge in [0, 0.05) is 32.7 Å². The van der Waals surface area contributed by atoms with Crippen molar-refractivity contribution < 1.29 is 9.59 Å². The highest BCUT2D eigenvalue weighted by molar-refractivity contribution is 5.82. The molecule has 1 saturated heterocycles. The summed E-state index contributed by atoms with van der Waals surface area (Å²) in [7, 11) is 0. The second-order valence-corrected chi connectivity index (χ2v) is 5.81. The molecular formula is C15H30N4O2. The summed E-state index contributed by atoms with van der Waals surface area (Å²) in [6.45, 7) is 9.16. The second-order valence-electron chi connectivity index (χ2n) is 5.81. The molecule has 3 amide bonds. The van der Waals surface area contributed by atoms with Gasteiger partial charge in [-0.2, -0.15) is 0 Å². The molecule has 0 aromatic carbocycles. The smallest absolute Gasteiger partial charge is 0.317 e. The number of nitrogens with two attached hydrogens (primary N) is 1. The first-order chi connectivity index (χ1) is 10.0. The molecule has 2 atom stereocenters. The van der Waals surface area contributed by atoms with Crippen LogP contribution < -0.4 is 11.1 Å². The zero-order valence-electron chi connectivity index (χ0n) is 13.6. The quantitative estimate of drug-likeness (QED) is 0.718. The van der Waals surface area contributed by atoms with E-state index in [-0.39, 0.29) is 17.9 Å². The number of urea groups is 1. The summed E-state index contributed by atoms with van der Waals surface area (Å²) in [6.07, 6.45) is 2.96. The van der Waals surface area contributed by atoms with Crippen LogP contribution in [0.3, 0.4) is 0 Å². The predicted molar refractivity (Wildman–Crippen MR) is 83.9 cm³/mol. The number of amides is 3. The Morgan fingerprint density at radius 2 is 1.71 bits per heavy atom. The maximum atomic E-state index is 12.3. The molecule has 122 valence electrons. The van der Waals surface area contributed by atoms with Gasteiger partial charge in [0.2, 0.25) is 5.91 Å². The van der Waals surface area contributed by atoms with Gasteiger partial charge in [-0.15, -0.1) is 0 Å². The molecule has 0 aromatic rings. The number of piperazine rings is 1. The summed E-state index contributed by atoms with van der Waals surface area (Å²) in [5.41, 5.74) is 5.99. The summed E-state index contributed by atoms with van der Waals surface area (Å²) >= 11 is 0. The average Bonchev–Trinajstić information content (AvgIpc) is 2.52. The van der Waals surface area contributed by atoms with E-state index < -0.39 is 6.04 Å². The molecule has 6 nitrogen and oxygen atoms in total. The van der Waals surface area contributed by atoms with Crippen LogP contribution in [-0.4, -0.2) is 60.5 Å². The highest BCUT2D eigenvalue weighted by atomic mass is 16.2. The van der Waals surface area contributed by atoms with Crippen molar-refractivity contribution in [1.82, 2.24) is 15.1 Å². The van der Waals surface area contributed by atoms with Gasteiger partial charge in [-0.1, -0.05) is 33.6 Å². The molecule has 0 bridgehead atoms. The van der Waals surface area contributed by atoms with Crippen LogP contribution >= 0.6 is 0 Å². The van der Waals surface area contributed by atoms with Gasteiger partial charge in [0.15, 0.2) is 0 Å². The number of hydrogen-bond donors (Lipinski definition) is 2. The van der Waals surface area contributed by atoms with E-state index in [1.807, 2.05) is 13.8 Å². The van der Waals surface area contributed by atoms with Crippen LogP contribution in [0.5, 0.6) is 0 Å². The van der Waals surface area contributed by atoms with Crippen molar-refractivity contribution in [2.45, 2.75) is 46.1 Å². The SMILES string of the molecule is CCCCNC(=O)N1CCN(C(=O)[C@@H](N)[C@@H](C)CC)CC1. The summed E-state index contributed by atoms with van der Waals surface area (Å²) in [5.74, 6) is 0.197. The van der Waals surface area contributed by atoms with E-state index in [1.165, 1.54) is 0 Å². The maximum Gasteiger partial charge on any atom is 0.317 e. The highest BCUT2D eigenvalue weighted by Gasteiger charge is 2.28. The van der Waals surface area contributed by atoms with Crippen LogP contribution in [-0.2, 0) is 4.79 Å². The van der Waals surface area contributed by atoms with Crippen molar-refractivity contribution in [2.75, 3.05) is 32.7 Å². The van der Waals surface area contributed by atoms with E-state index in [4.69, 9.17) is 5.73 Å². The fourth-order valence-corrected chi connectivity index (χ4v) is 2.32. The molecule has 3 N–H and O–H groups in total. The number of hydrogen-bond acceptors (Lipinski definition) is 3. The molecule has 6 heteroatoms. The first kappa shape index (κ1) is 17.8. The molecule has 0 unspecified atom stereocenters. The number of nitrogens with zero attached hydrogens (tertiary/aromatic N) is 2. The Morgan fingerprint density at radius 1 is 1.14 bits per heavy atom. The Bertz CT molecular complexity index is 341. The molecule has 1 heterocycles. The van der Waals surface area contributed by atoms with Gasteiger partial charge in [-0.25, -0.2) is 4.79 Å². The van der Waals surface area contributed by atoms with Crippen molar-refractivity contribution in [3.63, 3.8) is 0 Å². The van der Waals surface area contributed by atoms with E-state index in [0.717, 1.165) is 19.3 Å². The van der Waals surface area contributed by atoms with E-state index in [0.29, 0.717) is 32.7 Å². The van der Waals surface area contributed by atoms with Crippen LogP contribution in [0, 0.1) is 5.92 Å². The lowest BCUT2D eigenvalue weighted by molar-refractivity contribution is -0.135. The van der Waals surface area contributed by atoms with E-state index in [1.54, 1.807) is 9.80 Å². The van der Waals surface area contributed by atoms with Crippen molar-refractivity contribution in [3.05, 3.63) is 0 Å². The molecule has 21 heavy (non-hydrogen) atoms. The lowest BCUT2D eigenvalue weighted by Crippen LogP contribution is -2.56. The molecule has 1 rings (SSSR count). The molecular weight excluding hydrogens is 268 g/mol. The third-order valence-electron chi connectivity index (χ3n) is 4.23. The summed E-state index contributed by atoms with van der Waals surface area (Å²) in [6, 6.07) is -0.457. The van der Waals surface area contributed by atoms with Gasteiger partial charge in [-0.05, 0) is 12.3 Å². The van der Waals surface area contributed by atoms with Crippen LogP contribution in [0.15, 0.2) is 0 Å². The molecule has 0 spiro atoms. The maximum absolute atomic E-state index is 12.3. The number of nitrogens with one attached hydrogen (secondary N) is 1. The minimum atomic E-state index is -0.431. The Hall–Kier alpha value is -1.30. The summed E-state index contributed by atoms with van der Waals surface area (Å²) in [5, 5.41) is 2.91. The summed E-state index contributed by atoms with van der Waals surface area (Å²) in [4.78, 5) is 27.7. The molecule has 0 aromatic heterocycles. The van der Waals surface area contributed by atoms with Crippen molar-refractivity contribution in [3.8, 4) is 0 Å². The van der Waals surface area contributed by atoms with Gasteiger partial charge in [0.25, 0.3) is 0 Å². The number of carbonyl (C=O) groups excluding carboxylic acids is 2. The lowest BCUT2D eigenvalue weighted by Gasteiger charge is -2.36. The van der Waals surface area contributed by atoms with Crippen LogP contribution in [0.25, 0.3) is 0 Å². The van der Waals surface area contributed by atoms with Crippen LogP contribution in [0.4, 0.5) is 4.79 Å². The third kappa shape index (κ3) is 5.19. The van der Waals surface area contributed by atoms with Crippen LogP contribution in [0.2, 0.25) is 0 Å². The highest BCUT2D eigenvalue weighted by Crippen LogP contribution is 2.11. The Balaban J connectivity index is 2.37. The lowest BCUT2D eigenvalue weighted by atomic mass is 9.98. The van der Waals surface area contributed by atoms with Crippen LogP contribution in [0.1, 0.15) is 40.0 Å². The molecule has 0 saturated carbocycles. The third-order valence-corrected chi connectivity index (χ3v) is 4.23. The minimum Gasteiger partial charge on any atom is -0.338 e. The number of carbonyl (C=O) groups is 2. The zero-order chi connectivity index (χ0) is 15.8. The topological polar surface area (TPSA) is 78.7 Å². The van der Waals surface area contributed by atoms with Crippen molar-refractivity contribution >= 4 is 11.9 Å². The van der Waals surface area contributed by atoms with E-state index in [2.05, 4.69) is 12.2 Å². The molecule has 0 radical (unpaired) electrons. The van der Waals surface area contributed by atoms with Crippen molar-refractivity contribution in [2.24, 2.45) is 11.7 Å². The predicted octanol–water partition coefficient (Wildman–Crippen LogP) is 1.01. The van der Waals surface area contributed by atoms with Gasteiger partial charge in [-0.3, -0.25) is 4.79 Å². The van der Waals surface area contributed by atoms with Gasteiger partial charge in [0.05, 0.1) is 6.04 Å². The zero-order valence-corrected chi connectivity index (χ0v) is 13.6. The van der Waals surface area contributed by atoms with E-state index >= 15 is 0 Å². The first-order valence-electron chi connectivity index (χ1n) is 8.08. The Labute approximate surface area is 128 Å². The standard InChI is InChI=1S/C15H30N4O2/c1-4-6-7-17-15(21)19-10-8-18(9-11-19)14(20)13(16)12(3)5-2/h12-13H,4-11,16H2,1-3H3,(H,17,21)/t12-,13-/m0/s1. The van der Waals surface area contributed by atoms with E-state index in [9.17, 15) is 9.59 Å². The Morgan fingerprint density at radius 3 is 2.24 bits per heavy atom. The van der Waals surface area contributed by atoms with Gasteiger partial charge >= 0.3 is 6.03 Å². The fourth-order valence-electron chi connectivity index (χ4n) is 2.32. The minimum absolute atomic E-state index is 0.00962. The largest absolute Gasteiger partial charge is 0.338 e. The average molecular weight is 298 g/mol. The number of unbranched alkanes of at least 4 members (excludes halogenated alkanes) is 1. The fraction of sp³-hybridized carbons (Fsp3) is 0.867. The van der Waals surface area contributed by atoms with Crippen molar-refractivity contribution in [1.29, 1.82) is 0 Å². The van der Waals surface area contributed by atoms with Gasteiger partial charge in [0.1, 0.15) is 0 Å². The second kappa shape index (κ2) is 8.87. The molecule has 1 fully saturated rings. The number of rotatable bonds is 6. The monoisotopic (exact) mass is 298 g/mol. The first-order valence-corrected chi connectivity index (χ1v) is 8.08. The molecule has 1 aliphatic rings. The Kier molecular flexibility index (Phi) is 7.50. The normalized spacial score (nSPS) is 18.3. The van der Waals surface area contributed by atoms with Gasteiger partial charge < -0.3 is 20.9 Å². The molecule has 0 aliphatic carbocycles. The molecule has 1 aliphatic heterocycles.